The molecule has 1 fully saturated rings. The number of esters is 1. The quantitative estimate of drug-likeness (QED) is 0.713. The van der Waals surface area contributed by atoms with Crippen LogP contribution in [0, 0.1) is 0 Å². The first kappa shape index (κ1) is 20.2. The number of hydrogen-bond donors (Lipinski definition) is 2. The van der Waals surface area contributed by atoms with E-state index in [-0.39, 0.29) is 17.8 Å². The number of carbonyl (C=O) groups excluding carboxylic acids is 1. The van der Waals surface area contributed by atoms with E-state index in [0.717, 1.165) is 37.9 Å². The Morgan fingerprint density at radius 2 is 1.89 bits per heavy atom. The molecule has 0 aromatic heterocycles. The van der Waals surface area contributed by atoms with Crippen molar-refractivity contribution in [3.05, 3.63) is 59.7 Å². The molecule has 2 aromatic rings. The van der Waals surface area contributed by atoms with Crippen molar-refractivity contribution in [3.63, 3.8) is 0 Å². The van der Waals surface area contributed by atoms with Gasteiger partial charge in [-0.2, -0.15) is 0 Å². The van der Waals surface area contributed by atoms with Crippen LogP contribution in [0.15, 0.2) is 48.5 Å². The van der Waals surface area contributed by atoms with Gasteiger partial charge in [0.05, 0.1) is 6.61 Å². The highest BCUT2D eigenvalue weighted by Gasteiger charge is 2.28. The van der Waals surface area contributed by atoms with Gasteiger partial charge in [-0.25, -0.2) is 4.79 Å². The Labute approximate surface area is 167 Å². The summed E-state index contributed by atoms with van der Waals surface area (Å²) in [6.07, 6.45) is 2.95. The second kappa shape index (κ2) is 9.60. The van der Waals surface area contributed by atoms with Gasteiger partial charge in [-0.05, 0) is 61.6 Å². The minimum Gasteiger partial charge on any atom is -0.508 e. The molecule has 0 aliphatic carbocycles. The summed E-state index contributed by atoms with van der Waals surface area (Å²) in [6.45, 7) is 6.19. The summed E-state index contributed by atoms with van der Waals surface area (Å²) in [5, 5.41) is 13.3. The van der Waals surface area contributed by atoms with Gasteiger partial charge in [-0.3, -0.25) is 5.32 Å². The van der Waals surface area contributed by atoms with Gasteiger partial charge in [0.15, 0.2) is 0 Å². The van der Waals surface area contributed by atoms with Crippen LogP contribution in [0.5, 0.6) is 5.75 Å². The smallest absolute Gasteiger partial charge is 0.327 e. The standard InChI is InChI=1S/C23H30N2O3/c1-3-17-8-10-20(11-9-17)25-14-12-19(13-15-25)24-22(23(27)28-4-2)18-6-5-7-21(26)16-18/h5-11,16,19,22,24,26H,3-4,12-15H2,1-2H3/t22-/m0/s1. The number of anilines is 1. The lowest BCUT2D eigenvalue weighted by Gasteiger charge is -2.35. The molecular weight excluding hydrogens is 352 g/mol. The highest BCUT2D eigenvalue weighted by molar-refractivity contribution is 5.78. The molecule has 0 radical (unpaired) electrons. The number of hydrogen-bond acceptors (Lipinski definition) is 5. The van der Waals surface area contributed by atoms with Gasteiger partial charge in [0, 0.05) is 24.8 Å². The number of aromatic hydroxyl groups is 1. The summed E-state index contributed by atoms with van der Waals surface area (Å²) in [5.41, 5.74) is 3.34. The van der Waals surface area contributed by atoms with Crippen molar-refractivity contribution >= 4 is 11.7 Å². The Morgan fingerprint density at radius 3 is 2.50 bits per heavy atom. The number of phenolic OH excluding ortho intramolecular Hbond substituents is 1. The Kier molecular flexibility index (Phi) is 6.93. The second-order valence-electron chi connectivity index (χ2n) is 7.23. The maximum absolute atomic E-state index is 12.5. The van der Waals surface area contributed by atoms with E-state index in [1.807, 2.05) is 6.07 Å². The Balaban J connectivity index is 1.63. The van der Waals surface area contributed by atoms with Crippen molar-refractivity contribution in [2.75, 3.05) is 24.6 Å². The van der Waals surface area contributed by atoms with Gasteiger partial charge in [0.1, 0.15) is 11.8 Å². The number of aryl methyl sites for hydroxylation is 1. The lowest BCUT2D eigenvalue weighted by Crippen LogP contribution is -2.45. The number of rotatable bonds is 7. The Morgan fingerprint density at radius 1 is 1.18 bits per heavy atom. The van der Waals surface area contributed by atoms with Gasteiger partial charge in [-0.15, -0.1) is 0 Å². The second-order valence-corrected chi connectivity index (χ2v) is 7.23. The molecule has 1 atom stereocenters. The average molecular weight is 383 g/mol. The van der Waals surface area contributed by atoms with Crippen LogP contribution in [-0.2, 0) is 16.0 Å². The van der Waals surface area contributed by atoms with Crippen LogP contribution in [0.3, 0.4) is 0 Å². The molecule has 2 aromatic carbocycles. The predicted octanol–water partition coefficient (Wildman–Crippen LogP) is 3.82. The van der Waals surface area contributed by atoms with Crippen LogP contribution in [-0.4, -0.2) is 36.8 Å². The van der Waals surface area contributed by atoms with Gasteiger partial charge >= 0.3 is 5.97 Å². The summed E-state index contributed by atoms with van der Waals surface area (Å²) < 4.78 is 5.26. The largest absolute Gasteiger partial charge is 0.508 e. The first-order valence-electron chi connectivity index (χ1n) is 10.2. The van der Waals surface area contributed by atoms with Crippen LogP contribution < -0.4 is 10.2 Å². The van der Waals surface area contributed by atoms with E-state index < -0.39 is 6.04 Å². The minimum absolute atomic E-state index is 0.152. The number of phenols is 1. The predicted molar refractivity (Wildman–Crippen MR) is 112 cm³/mol. The molecule has 1 saturated heterocycles. The molecule has 0 unspecified atom stereocenters. The van der Waals surface area contributed by atoms with Crippen LogP contribution in [0.25, 0.3) is 0 Å². The summed E-state index contributed by atoms with van der Waals surface area (Å²) >= 11 is 0. The number of benzene rings is 2. The average Bonchev–Trinajstić information content (AvgIpc) is 2.72. The van der Waals surface area contributed by atoms with Crippen molar-refractivity contribution < 1.29 is 14.6 Å². The van der Waals surface area contributed by atoms with Crippen LogP contribution in [0.4, 0.5) is 5.69 Å². The lowest BCUT2D eigenvalue weighted by atomic mass is 10.00. The SMILES string of the molecule is CCOC(=O)[C@@H](NC1CCN(c2ccc(CC)cc2)CC1)c1cccc(O)c1. The number of carbonyl (C=O) groups is 1. The molecule has 0 saturated carbocycles. The molecule has 0 amide bonds. The number of ether oxygens (including phenoxy) is 1. The Bertz CT molecular complexity index is 768. The van der Waals surface area contributed by atoms with Gasteiger partial charge in [0.2, 0.25) is 0 Å². The van der Waals surface area contributed by atoms with E-state index in [2.05, 4.69) is 41.4 Å². The molecule has 1 aliphatic heterocycles. The molecule has 0 bridgehead atoms. The van der Waals surface area contributed by atoms with Crippen LogP contribution in [0.1, 0.15) is 43.9 Å². The zero-order valence-corrected chi connectivity index (χ0v) is 16.7. The summed E-state index contributed by atoms with van der Waals surface area (Å²) in [7, 11) is 0. The van der Waals surface area contributed by atoms with Gasteiger partial charge in [0.25, 0.3) is 0 Å². The number of nitrogens with one attached hydrogen (secondary N) is 1. The van der Waals surface area contributed by atoms with Crippen molar-refractivity contribution in [3.8, 4) is 5.75 Å². The molecule has 1 aliphatic rings. The third-order valence-corrected chi connectivity index (χ3v) is 5.33. The van der Waals surface area contributed by atoms with Crippen LogP contribution in [0.2, 0.25) is 0 Å². The maximum Gasteiger partial charge on any atom is 0.327 e. The molecular formula is C23H30N2O3. The van der Waals surface area contributed by atoms with Gasteiger partial charge in [-0.1, -0.05) is 31.2 Å². The first-order valence-corrected chi connectivity index (χ1v) is 10.2. The van der Waals surface area contributed by atoms with E-state index in [1.54, 1.807) is 25.1 Å². The van der Waals surface area contributed by atoms with E-state index in [0.29, 0.717) is 6.61 Å². The van der Waals surface area contributed by atoms with Crippen molar-refractivity contribution in [2.24, 2.45) is 0 Å². The maximum atomic E-state index is 12.5. The molecule has 5 heteroatoms. The van der Waals surface area contributed by atoms with Crippen molar-refractivity contribution in [1.82, 2.24) is 5.32 Å². The zero-order valence-electron chi connectivity index (χ0n) is 16.7. The van der Waals surface area contributed by atoms with E-state index in [1.165, 1.54) is 11.3 Å². The normalized spacial score (nSPS) is 16.0. The third-order valence-electron chi connectivity index (χ3n) is 5.33. The van der Waals surface area contributed by atoms with Crippen molar-refractivity contribution in [2.45, 2.75) is 45.2 Å². The summed E-state index contributed by atoms with van der Waals surface area (Å²) in [5.74, 6) is -0.148. The van der Waals surface area contributed by atoms with Gasteiger partial charge < -0.3 is 14.7 Å². The molecule has 5 nitrogen and oxygen atoms in total. The summed E-state index contributed by atoms with van der Waals surface area (Å²) in [4.78, 5) is 14.9. The van der Waals surface area contributed by atoms with Crippen LogP contribution >= 0.6 is 0 Å². The summed E-state index contributed by atoms with van der Waals surface area (Å²) in [6, 6.07) is 15.3. The van der Waals surface area contributed by atoms with Crippen molar-refractivity contribution in [1.29, 1.82) is 0 Å². The number of piperidine rings is 1. The molecule has 0 spiro atoms. The lowest BCUT2D eigenvalue weighted by molar-refractivity contribution is -0.146. The first-order chi connectivity index (χ1) is 13.6. The zero-order chi connectivity index (χ0) is 19.9. The van der Waals surface area contributed by atoms with E-state index in [4.69, 9.17) is 4.74 Å². The molecule has 150 valence electrons. The molecule has 2 N–H and O–H groups in total. The molecule has 1 heterocycles. The third kappa shape index (κ3) is 5.04. The fourth-order valence-electron chi connectivity index (χ4n) is 3.71. The Hall–Kier alpha value is -2.53. The fraction of sp³-hybridized carbons (Fsp3) is 0.435. The molecule has 28 heavy (non-hydrogen) atoms. The van der Waals surface area contributed by atoms with E-state index in [9.17, 15) is 9.90 Å². The fourth-order valence-corrected chi connectivity index (χ4v) is 3.71. The van der Waals surface area contributed by atoms with E-state index >= 15 is 0 Å². The molecule has 3 rings (SSSR count). The highest BCUT2D eigenvalue weighted by Crippen LogP contribution is 2.25. The number of nitrogens with zero attached hydrogens (tertiary/aromatic N) is 1. The highest BCUT2D eigenvalue weighted by atomic mass is 16.5. The minimum atomic E-state index is -0.563. The topological polar surface area (TPSA) is 61.8 Å². The monoisotopic (exact) mass is 382 g/mol.